The smallest absolute Gasteiger partial charge is 0.407 e. The first kappa shape index (κ1) is 26.3. The number of nitrogens with zero attached hydrogens (tertiary/aromatic N) is 4. The summed E-state index contributed by atoms with van der Waals surface area (Å²) in [6.45, 7) is 11.1. The second-order valence-corrected chi connectivity index (χ2v) is 11.1. The number of amides is 2. The number of fused-ring (bicyclic) bond motifs is 1. The number of carbonyl (C=O) groups is 2. The van der Waals surface area contributed by atoms with Crippen LogP contribution in [0.15, 0.2) is 60.9 Å². The lowest BCUT2D eigenvalue weighted by Gasteiger charge is -2.39. The Morgan fingerprint density at radius 2 is 1.86 bits per heavy atom. The number of para-hydroxylation sites is 1. The van der Waals surface area contributed by atoms with E-state index in [0.717, 1.165) is 34.5 Å². The van der Waals surface area contributed by atoms with Gasteiger partial charge in [-0.15, -0.1) is 0 Å². The first-order valence-corrected chi connectivity index (χ1v) is 12.8. The molecular formula is C29H37N5O3. The molecule has 1 aromatic heterocycles. The average molecular weight is 504 g/mol. The predicted molar refractivity (Wildman–Crippen MR) is 147 cm³/mol. The van der Waals surface area contributed by atoms with Crippen molar-refractivity contribution in [1.82, 2.24) is 14.7 Å². The van der Waals surface area contributed by atoms with Crippen LogP contribution in [0.2, 0.25) is 0 Å². The predicted octanol–water partition coefficient (Wildman–Crippen LogP) is 5.87. The van der Waals surface area contributed by atoms with E-state index in [1.165, 1.54) is 4.90 Å². The number of carboxylic acid groups (broad SMARTS) is 1. The van der Waals surface area contributed by atoms with E-state index in [1.807, 2.05) is 68.4 Å². The van der Waals surface area contributed by atoms with Crippen LogP contribution in [0, 0.1) is 5.41 Å². The fourth-order valence-electron chi connectivity index (χ4n) is 5.07. The highest BCUT2D eigenvalue weighted by molar-refractivity contribution is 5.94. The fourth-order valence-corrected chi connectivity index (χ4v) is 5.07. The summed E-state index contributed by atoms with van der Waals surface area (Å²) < 4.78 is 1.79. The van der Waals surface area contributed by atoms with Gasteiger partial charge in [0.05, 0.1) is 18.8 Å². The number of rotatable bonds is 7. The fraction of sp³-hybridized carbons (Fsp3) is 0.414. The van der Waals surface area contributed by atoms with Crippen molar-refractivity contribution in [3.63, 3.8) is 0 Å². The van der Waals surface area contributed by atoms with Crippen LogP contribution < -0.4 is 10.2 Å². The van der Waals surface area contributed by atoms with Gasteiger partial charge in [0.1, 0.15) is 0 Å². The summed E-state index contributed by atoms with van der Waals surface area (Å²) in [7, 11) is 0. The lowest BCUT2D eigenvalue weighted by Crippen LogP contribution is -2.43. The minimum absolute atomic E-state index is 0.0331. The third kappa shape index (κ3) is 6.31. The van der Waals surface area contributed by atoms with E-state index in [2.05, 4.69) is 35.5 Å². The van der Waals surface area contributed by atoms with E-state index in [9.17, 15) is 14.7 Å². The number of hydrogen-bond donors (Lipinski definition) is 2. The third-order valence-electron chi connectivity index (χ3n) is 6.64. The molecule has 1 aliphatic rings. The van der Waals surface area contributed by atoms with Crippen LogP contribution in [0.25, 0.3) is 11.1 Å². The zero-order chi connectivity index (χ0) is 26.7. The van der Waals surface area contributed by atoms with E-state index >= 15 is 0 Å². The molecule has 2 atom stereocenters. The highest BCUT2D eigenvalue weighted by atomic mass is 16.4. The molecule has 4 rings (SSSR count). The molecule has 196 valence electrons. The van der Waals surface area contributed by atoms with E-state index in [1.54, 1.807) is 11.6 Å². The summed E-state index contributed by atoms with van der Waals surface area (Å²) >= 11 is 0. The van der Waals surface area contributed by atoms with Crippen molar-refractivity contribution in [2.45, 2.75) is 59.7 Å². The maximum atomic E-state index is 12.5. The van der Waals surface area contributed by atoms with Crippen LogP contribution in [0.1, 0.15) is 52.6 Å². The first-order chi connectivity index (χ1) is 17.5. The molecule has 2 heterocycles. The molecule has 2 amide bonds. The Hall–Kier alpha value is -3.81. The Bertz CT molecular complexity index is 1250. The number of carbonyl (C=O) groups excluding carboxylic acids is 1. The standard InChI is InChI=1S/C29H37N5O3/c1-20-15-26(31-24-9-7-6-8-10-24)25-16-22(11-12-27(25)34(20)21(2)35)23-17-30-33(18-23)14-13-32(28(36)37)19-29(3,4)5/h6-12,16-18,20,26,31H,13-15,19H2,1-5H3,(H,36,37)/t20-,26+/m0/s1. The minimum Gasteiger partial charge on any atom is -0.465 e. The molecule has 8 nitrogen and oxygen atoms in total. The van der Waals surface area contributed by atoms with Crippen LogP contribution in [-0.2, 0) is 11.3 Å². The summed E-state index contributed by atoms with van der Waals surface area (Å²) in [6, 6.07) is 16.4. The van der Waals surface area contributed by atoms with Crippen molar-refractivity contribution < 1.29 is 14.7 Å². The quantitative estimate of drug-likeness (QED) is 0.421. The molecule has 3 aromatic rings. The van der Waals surface area contributed by atoms with Crippen molar-refractivity contribution in [2.75, 3.05) is 23.3 Å². The summed E-state index contributed by atoms with van der Waals surface area (Å²) in [4.78, 5) is 27.5. The monoisotopic (exact) mass is 503 g/mol. The number of hydrogen-bond acceptors (Lipinski definition) is 4. The number of aromatic nitrogens is 2. The highest BCUT2D eigenvalue weighted by Gasteiger charge is 2.32. The van der Waals surface area contributed by atoms with E-state index in [0.29, 0.717) is 19.6 Å². The molecule has 0 spiro atoms. The summed E-state index contributed by atoms with van der Waals surface area (Å²) in [5.74, 6) is 0.0331. The highest BCUT2D eigenvalue weighted by Crippen LogP contribution is 2.41. The second-order valence-electron chi connectivity index (χ2n) is 11.1. The zero-order valence-electron chi connectivity index (χ0n) is 22.3. The van der Waals surface area contributed by atoms with Gasteiger partial charge >= 0.3 is 6.09 Å². The first-order valence-electron chi connectivity index (χ1n) is 12.8. The van der Waals surface area contributed by atoms with Gasteiger partial charge in [-0.2, -0.15) is 5.10 Å². The number of benzene rings is 2. The largest absolute Gasteiger partial charge is 0.465 e. The lowest BCUT2D eigenvalue weighted by atomic mass is 9.89. The van der Waals surface area contributed by atoms with Crippen LogP contribution in [0.5, 0.6) is 0 Å². The SMILES string of the molecule is CC(=O)N1c2ccc(-c3cnn(CCN(CC(C)(C)C)C(=O)O)c3)cc2[C@H](Nc2ccccc2)C[C@@H]1C. The van der Waals surface area contributed by atoms with Gasteiger partial charge < -0.3 is 20.2 Å². The van der Waals surface area contributed by atoms with Crippen molar-refractivity contribution in [3.8, 4) is 11.1 Å². The Morgan fingerprint density at radius 3 is 2.51 bits per heavy atom. The van der Waals surface area contributed by atoms with Gasteiger partial charge in [0.25, 0.3) is 0 Å². The van der Waals surface area contributed by atoms with Gasteiger partial charge in [0.15, 0.2) is 0 Å². The maximum Gasteiger partial charge on any atom is 0.407 e. The van der Waals surface area contributed by atoms with E-state index in [-0.39, 0.29) is 23.4 Å². The molecule has 0 unspecified atom stereocenters. The van der Waals surface area contributed by atoms with Crippen molar-refractivity contribution in [1.29, 1.82) is 0 Å². The van der Waals surface area contributed by atoms with Crippen molar-refractivity contribution in [2.24, 2.45) is 5.41 Å². The Morgan fingerprint density at radius 1 is 1.14 bits per heavy atom. The molecular weight excluding hydrogens is 466 g/mol. The van der Waals surface area contributed by atoms with Gasteiger partial charge in [-0.25, -0.2) is 4.79 Å². The van der Waals surface area contributed by atoms with Gasteiger partial charge in [0.2, 0.25) is 5.91 Å². The zero-order valence-corrected chi connectivity index (χ0v) is 22.3. The van der Waals surface area contributed by atoms with Crippen molar-refractivity contribution >= 4 is 23.4 Å². The number of anilines is 2. The normalized spacial score (nSPS) is 17.3. The average Bonchev–Trinajstić information content (AvgIpc) is 3.30. The molecule has 0 saturated heterocycles. The Balaban J connectivity index is 1.58. The molecule has 0 bridgehead atoms. The van der Waals surface area contributed by atoms with Crippen LogP contribution in [0.4, 0.5) is 16.2 Å². The van der Waals surface area contributed by atoms with Crippen LogP contribution >= 0.6 is 0 Å². The lowest BCUT2D eigenvalue weighted by molar-refractivity contribution is -0.117. The summed E-state index contributed by atoms with van der Waals surface area (Å²) in [5.41, 5.74) is 4.88. The summed E-state index contributed by atoms with van der Waals surface area (Å²) in [6.07, 6.45) is 3.64. The Kier molecular flexibility index (Phi) is 7.57. The van der Waals surface area contributed by atoms with Crippen molar-refractivity contribution in [3.05, 3.63) is 66.5 Å². The molecule has 0 aliphatic carbocycles. The van der Waals surface area contributed by atoms with Gasteiger partial charge in [-0.3, -0.25) is 9.48 Å². The maximum absolute atomic E-state index is 12.5. The third-order valence-corrected chi connectivity index (χ3v) is 6.64. The number of nitrogens with one attached hydrogen (secondary N) is 1. The minimum atomic E-state index is -0.918. The summed E-state index contributed by atoms with van der Waals surface area (Å²) in [5, 5.41) is 17.7. The second kappa shape index (κ2) is 10.7. The molecule has 0 radical (unpaired) electrons. The molecule has 8 heteroatoms. The van der Waals surface area contributed by atoms with Gasteiger partial charge in [-0.05, 0) is 54.2 Å². The van der Waals surface area contributed by atoms with E-state index in [4.69, 9.17) is 0 Å². The molecule has 2 N–H and O–H groups in total. The Labute approximate surface area is 218 Å². The molecule has 0 fully saturated rings. The molecule has 37 heavy (non-hydrogen) atoms. The molecule has 2 aromatic carbocycles. The van der Waals surface area contributed by atoms with Gasteiger partial charge in [-0.1, -0.05) is 45.0 Å². The topological polar surface area (TPSA) is 90.7 Å². The van der Waals surface area contributed by atoms with Gasteiger partial charge in [0, 0.05) is 49.2 Å². The van der Waals surface area contributed by atoms with E-state index < -0.39 is 6.09 Å². The molecule has 0 saturated carbocycles. The molecule has 1 aliphatic heterocycles. The van der Waals surface area contributed by atoms with Crippen LogP contribution in [0.3, 0.4) is 0 Å². The van der Waals surface area contributed by atoms with Crippen LogP contribution in [-0.4, -0.2) is 50.9 Å².